The van der Waals surface area contributed by atoms with Crippen molar-refractivity contribution >= 4 is 18.0 Å². The fourth-order valence-electron chi connectivity index (χ4n) is 5.24. The molecule has 2 unspecified atom stereocenters. The number of carbonyl (C=O) groups is 3. The SMILES string of the molecule is O=C(N[C@H]1CCO[C@H]1C(=O)NCC1CCOC1C(=O)O)OCC1c2ccccc2-c2ccccc21. The number of alkyl carbamates (subject to hydrolysis) is 1. The van der Waals surface area contributed by atoms with Crippen LogP contribution >= 0.6 is 0 Å². The highest BCUT2D eigenvalue weighted by atomic mass is 16.6. The first-order valence-electron chi connectivity index (χ1n) is 11.9. The van der Waals surface area contributed by atoms with Gasteiger partial charge in [-0.05, 0) is 35.1 Å². The smallest absolute Gasteiger partial charge is 0.407 e. The van der Waals surface area contributed by atoms with Crippen LogP contribution < -0.4 is 10.6 Å². The second-order valence-corrected chi connectivity index (χ2v) is 9.08. The van der Waals surface area contributed by atoms with E-state index in [1.54, 1.807) is 0 Å². The van der Waals surface area contributed by atoms with Gasteiger partial charge >= 0.3 is 12.1 Å². The van der Waals surface area contributed by atoms with Crippen molar-refractivity contribution in [1.29, 1.82) is 0 Å². The van der Waals surface area contributed by atoms with Gasteiger partial charge in [-0.1, -0.05) is 48.5 Å². The molecule has 3 N–H and O–H groups in total. The van der Waals surface area contributed by atoms with Crippen molar-refractivity contribution in [2.45, 2.75) is 37.0 Å². The van der Waals surface area contributed by atoms with Crippen molar-refractivity contribution in [3.8, 4) is 11.1 Å². The molecule has 2 fully saturated rings. The third kappa shape index (κ3) is 4.74. The Kier molecular flexibility index (Phi) is 6.70. The van der Waals surface area contributed by atoms with Gasteiger partial charge in [0.25, 0.3) is 5.91 Å². The average molecular weight is 481 g/mol. The van der Waals surface area contributed by atoms with Crippen LogP contribution in [0.2, 0.25) is 0 Å². The lowest BCUT2D eigenvalue weighted by atomic mass is 9.98. The average Bonchev–Trinajstić information content (AvgIpc) is 3.59. The summed E-state index contributed by atoms with van der Waals surface area (Å²) < 4.78 is 16.4. The predicted octanol–water partition coefficient (Wildman–Crippen LogP) is 2.29. The van der Waals surface area contributed by atoms with E-state index in [9.17, 15) is 19.5 Å². The maximum absolute atomic E-state index is 12.7. The van der Waals surface area contributed by atoms with Gasteiger partial charge in [-0.2, -0.15) is 0 Å². The van der Waals surface area contributed by atoms with Crippen LogP contribution in [-0.4, -0.2) is 67.7 Å². The second-order valence-electron chi connectivity index (χ2n) is 9.08. The molecule has 9 heteroatoms. The monoisotopic (exact) mass is 480 g/mol. The lowest BCUT2D eigenvalue weighted by Gasteiger charge is -2.21. The zero-order chi connectivity index (χ0) is 24.4. The summed E-state index contributed by atoms with van der Waals surface area (Å²) in [6.07, 6.45) is -1.34. The largest absolute Gasteiger partial charge is 0.479 e. The number of carboxylic acid groups (broad SMARTS) is 1. The predicted molar refractivity (Wildman–Crippen MR) is 125 cm³/mol. The Morgan fingerprint density at radius 2 is 1.54 bits per heavy atom. The van der Waals surface area contributed by atoms with Crippen LogP contribution in [0.5, 0.6) is 0 Å². The summed E-state index contributed by atoms with van der Waals surface area (Å²) in [7, 11) is 0. The Balaban J connectivity index is 1.15. The quantitative estimate of drug-likeness (QED) is 0.556. The minimum Gasteiger partial charge on any atom is -0.479 e. The number of nitrogens with one attached hydrogen (secondary N) is 2. The van der Waals surface area contributed by atoms with Gasteiger partial charge in [-0.25, -0.2) is 9.59 Å². The van der Waals surface area contributed by atoms with E-state index in [2.05, 4.69) is 34.9 Å². The highest BCUT2D eigenvalue weighted by Crippen LogP contribution is 2.44. The minimum atomic E-state index is -1.03. The molecular formula is C26H28N2O7. The van der Waals surface area contributed by atoms with Crippen LogP contribution in [-0.2, 0) is 23.8 Å². The molecule has 0 spiro atoms. The molecular weight excluding hydrogens is 452 g/mol. The Morgan fingerprint density at radius 1 is 0.914 bits per heavy atom. The lowest BCUT2D eigenvalue weighted by molar-refractivity contribution is -0.149. The molecule has 0 radical (unpaired) electrons. The summed E-state index contributed by atoms with van der Waals surface area (Å²) in [4.78, 5) is 36.6. The molecule has 2 saturated heterocycles. The van der Waals surface area contributed by atoms with E-state index in [1.807, 2.05) is 24.3 Å². The Morgan fingerprint density at radius 3 is 2.23 bits per heavy atom. The molecule has 3 aliphatic rings. The number of ether oxygens (including phenoxy) is 3. The van der Waals surface area contributed by atoms with Gasteiger partial charge in [0.1, 0.15) is 6.61 Å². The maximum atomic E-state index is 12.7. The van der Waals surface area contributed by atoms with Crippen molar-refractivity contribution in [1.82, 2.24) is 10.6 Å². The molecule has 2 amide bonds. The number of hydrogen-bond acceptors (Lipinski definition) is 6. The molecule has 9 nitrogen and oxygen atoms in total. The van der Waals surface area contributed by atoms with E-state index < -0.39 is 30.3 Å². The van der Waals surface area contributed by atoms with Crippen molar-refractivity contribution in [2.24, 2.45) is 5.92 Å². The van der Waals surface area contributed by atoms with Crippen LogP contribution in [0.25, 0.3) is 11.1 Å². The lowest BCUT2D eigenvalue weighted by Crippen LogP contribution is -2.49. The fourth-order valence-corrected chi connectivity index (χ4v) is 5.24. The zero-order valence-electron chi connectivity index (χ0n) is 19.1. The van der Waals surface area contributed by atoms with Crippen LogP contribution in [0.15, 0.2) is 48.5 Å². The third-order valence-corrected chi connectivity index (χ3v) is 6.99. The number of carboxylic acids is 1. The van der Waals surface area contributed by atoms with E-state index in [-0.39, 0.29) is 30.9 Å². The molecule has 4 atom stereocenters. The standard InChI is InChI=1S/C26H28N2O7/c29-24(27-13-15-9-11-33-22(15)25(30)31)23-21(10-12-34-23)28-26(32)35-14-20-18-7-3-1-5-16(18)17-6-2-4-8-19(17)20/h1-8,15,20-23H,9-14H2,(H,27,29)(H,28,32)(H,30,31)/t15?,21-,22?,23+/m0/s1. The van der Waals surface area contributed by atoms with E-state index in [0.29, 0.717) is 26.1 Å². The molecule has 2 aliphatic heterocycles. The van der Waals surface area contributed by atoms with E-state index in [0.717, 1.165) is 22.3 Å². The van der Waals surface area contributed by atoms with E-state index >= 15 is 0 Å². The molecule has 184 valence electrons. The number of benzene rings is 2. The van der Waals surface area contributed by atoms with E-state index in [1.165, 1.54) is 0 Å². The van der Waals surface area contributed by atoms with Crippen LogP contribution in [0, 0.1) is 5.92 Å². The second kappa shape index (κ2) is 10.1. The molecule has 2 aromatic rings. The van der Waals surface area contributed by atoms with Gasteiger partial charge in [0.05, 0.1) is 6.04 Å². The van der Waals surface area contributed by atoms with Gasteiger partial charge in [0.15, 0.2) is 12.2 Å². The van der Waals surface area contributed by atoms with Gasteiger partial charge < -0.3 is 30.0 Å². The number of hydrogen-bond donors (Lipinski definition) is 3. The highest BCUT2D eigenvalue weighted by Gasteiger charge is 2.38. The number of carbonyl (C=O) groups excluding carboxylic acids is 2. The normalized spacial score (nSPS) is 25.0. The molecule has 0 bridgehead atoms. The zero-order valence-corrected chi connectivity index (χ0v) is 19.1. The van der Waals surface area contributed by atoms with Gasteiger partial charge in [-0.15, -0.1) is 0 Å². The number of amides is 2. The number of fused-ring (bicyclic) bond motifs is 3. The fraction of sp³-hybridized carbons (Fsp3) is 0.423. The first-order chi connectivity index (χ1) is 17.0. The molecule has 5 rings (SSSR count). The van der Waals surface area contributed by atoms with Crippen LogP contribution in [0.4, 0.5) is 4.79 Å². The van der Waals surface area contributed by atoms with Crippen molar-refractivity contribution in [3.63, 3.8) is 0 Å². The third-order valence-electron chi connectivity index (χ3n) is 6.99. The molecule has 0 aromatic heterocycles. The summed E-state index contributed by atoms with van der Waals surface area (Å²) in [6, 6.07) is 15.7. The van der Waals surface area contributed by atoms with Crippen molar-refractivity contribution < 1.29 is 33.7 Å². The molecule has 35 heavy (non-hydrogen) atoms. The Labute approximate surface area is 202 Å². The maximum Gasteiger partial charge on any atom is 0.407 e. The molecule has 2 heterocycles. The summed E-state index contributed by atoms with van der Waals surface area (Å²) in [6.45, 7) is 1.04. The summed E-state index contributed by atoms with van der Waals surface area (Å²) in [5.41, 5.74) is 4.55. The molecule has 1 aliphatic carbocycles. The highest BCUT2D eigenvalue weighted by molar-refractivity contribution is 5.83. The summed E-state index contributed by atoms with van der Waals surface area (Å²) in [5, 5.41) is 14.7. The van der Waals surface area contributed by atoms with Crippen molar-refractivity contribution in [3.05, 3.63) is 59.7 Å². The van der Waals surface area contributed by atoms with Crippen LogP contribution in [0.1, 0.15) is 29.9 Å². The topological polar surface area (TPSA) is 123 Å². The first kappa shape index (κ1) is 23.3. The van der Waals surface area contributed by atoms with Gasteiger partial charge in [0, 0.05) is 31.6 Å². The first-order valence-corrected chi connectivity index (χ1v) is 11.9. The number of aliphatic carboxylic acids is 1. The van der Waals surface area contributed by atoms with Gasteiger partial charge in [-0.3, -0.25) is 4.79 Å². The minimum absolute atomic E-state index is 0.0529. The number of rotatable bonds is 7. The molecule has 0 saturated carbocycles. The van der Waals surface area contributed by atoms with Crippen molar-refractivity contribution in [2.75, 3.05) is 26.4 Å². The van der Waals surface area contributed by atoms with Crippen LogP contribution in [0.3, 0.4) is 0 Å². The Bertz CT molecular complexity index is 1070. The van der Waals surface area contributed by atoms with E-state index in [4.69, 9.17) is 14.2 Å². The molecule has 2 aromatic carbocycles. The summed E-state index contributed by atoms with van der Waals surface area (Å²) in [5.74, 6) is -1.77. The summed E-state index contributed by atoms with van der Waals surface area (Å²) >= 11 is 0. The van der Waals surface area contributed by atoms with Gasteiger partial charge in [0.2, 0.25) is 0 Å². The Hall–Kier alpha value is -3.43.